The quantitative estimate of drug-likeness (QED) is 0.737. The van der Waals surface area contributed by atoms with Gasteiger partial charge in [-0.25, -0.2) is 0 Å². The van der Waals surface area contributed by atoms with E-state index in [0.29, 0.717) is 36.1 Å². The van der Waals surface area contributed by atoms with Crippen LogP contribution < -0.4 is 24.8 Å². The van der Waals surface area contributed by atoms with Crippen molar-refractivity contribution in [3.63, 3.8) is 0 Å². The third-order valence-corrected chi connectivity index (χ3v) is 4.20. The molecule has 0 radical (unpaired) electrons. The number of carbonyl (C=O) groups excluding carboxylic acids is 2. The molecule has 2 N–H and O–H groups in total. The highest BCUT2D eigenvalue weighted by molar-refractivity contribution is 6.39. The number of methoxy groups -OCH3 is 2. The molecule has 0 aliphatic carbocycles. The number of rotatable bonds is 6. The first-order valence-electron chi connectivity index (χ1n) is 8.76. The zero-order valence-corrected chi connectivity index (χ0v) is 15.7. The average Bonchev–Trinajstić information content (AvgIpc) is 2.74. The number of amides is 2. The first kappa shape index (κ1) is 19.5. The summed E-state index contributed by atoms with van der Waals surface area (Å²) in [5, 5.41) is 5.12. The van der Waals surface area contributed by atoms with E-state index in [9.17, 15) is 9.59 Å². The van der Waals surface area contributed by atoms with Crippen LogP contribution in [0.4, 0.5) is 5.69 Å². The minimum absolute atomic E-state index is 0.136. The van der Waals surface area contributed by atoms with E-state index in [1.165, 1.54) is 7.11 Å². The van der Waals surface area contributed by atoms with Gasteiger partial charge < -0.3 is 29.6 Å². The van der Waals surface area contributed by atoms with Crippen LogP contribution in [0.25, 0.3) is 0 Å². The van der Waals surface area contributed by atoms with Crippen molar-refractivity contribution in [1.82, 2.24) is 5.32 Å². The number of ether oxygens (including phenoxy) is 4. The van der Waals surface area contributed by atoms with Gasteiger partial charge in [0.05, 0.1) is 13.2 Å². The normalized spacial score (nSPS) is 13.4. The van der Waals surface area contributed by atoms with Crippen molar-refractivity contribution in [2.45, 2.75) is 6.10 Å². The Morgan fingerprint density at radius 3 is 2.57 bits per heavy atom. The number of fused-ring (bicyclic) bond motifs is 1. The van der Waals surface area contributed by atoms with Crippen LogP contribution >= 0.6 is 0 Å². The molecule has 2 aromatic carbocycles. The number of hydrogen-bond acceptors (Lipinski definition) is 6. The molecule has 1 atom stereocenters. The van der Waals surface area contributed by atoms with Crippen molar-refractivity contribution in [2.75, 3.05) is 39.3 Å². The molecule has 0 saturated carbocycles. The summed E-state index contributed by atoms with van der Waals surface area (Å²) in [5.74, 6) is 0.274. The molecule has 8 heteroatoms. The van der Waals surface area contributed by atoms with E-state index >= 15 is 0 Å². The Balaban J connectivity index is 1.56. The lowest BCUT2D eigenvalue weighted by Crippen LogP contribution is -2.38. The van der Waals surface area contributed by atoms with Crippen molar-refractivity contribution >= 4 is 17.5 Å². The molecule has 1 heterocycles. The fourth-order valence-electron chi connectivity index (χ4n) is 2.75. The molecule has 1 aliphatic rings. The lowest BCUT2D eigenvalue weighted by molar-refractivity contribution is -0.136. The van der Waals surface area contributed by atoms with Crippen LogP contribution in [0.2, 0.25) is 0 Å². The van der Waals surface area contributed by atoms with Crippen molar-refractivity contribution in [2.24, 2.45) is 0 Å². The van der Waals surface area contributed by atoms with Crippen LogP contribution in [-0.2, 0) is 14.3 Å². The molecule has 3 rings (SSSR count). The van der Waals surface area contributed by atoms with E-state index < -0.39 is 17.9 Å². The van der Waals surface area contributed by atoms with Crippen LogP contribution in [0.1, 0.15) is 11.7 Å². The zero-order valence-electron chi connectivity index (χ0n) is 15.7. The third-order valence-electron chi connectivity index (χ3n) is 4.20. The van der Waals surface area contributed by atoms with Gasteiger partial charge in [0.1, 0.15) is 19.0 Å². The number of benzene rings is 2. The zero-order chi connectivity index (χ0) is 19.9. The van der Waals surface area contributed by atoms with E-state index in [1.54, 1.807) is 25.3 Å². The smallest absolute Gasteiger partial charge is 0.313 e. The Labute approximate surface area is 162 Å². The molecule has 8 nitrogen and oxygen atoms in total. The second-order valence-electron chi connectivity index (χ2n) is 6.02. The highest BCUT2D eigenvalue weighted by atomic mass is 16.6. The fraction of sp³-hybridized carbons (Fsp3) is 0.300. The fourth-order valence-corrected chi connectivity index (χ4v) is 2.75. The largest absolute Gasteiger partial charge is 0.497 e. The van der Waals surface area contributed by atoms with Gasteiger partial charge in [0.25, 0.3) is 0 Å². The van der Waals surface area contributed by atoms with Gasteiger partial charge in [-0.2, -0.15) is 0 Å². The summed E-state index contributed by atoms with van der Waals surface area (Å²) < 4.78 is 21.5. The second kappa shape index (κ2) is 9.09. The van der Waals surface area contributed by atoms with Gasteiger partial charge in [-0.05, 0) is 29.8 Å². The summed E-state index contributed by atoms with van der Waals surface area (Å²) in [4.78, 5) is 24.3. The SMILES string of the molecule is COc1cccc(C(CNC(=O)C(=O)Nc2ccc3c(c2)OCCO3)OC)c1. The Hall–Kier alpha value is -3.26. The predicted molar refractivity (Wildman–Crippen MR) is 102 cm³/mol. The van der Waals surface area contributed by atoms with Gasteiger partial charge in [-0.3, -0.25) is 9.59 Å². The minimum Gasteiger partial charge on any atom is -0.497 e. The highest BCUT2D eigenvalue weighted by Gasteiger charge is 2.19. The topological polar surface area (TPSA) is 95.1 Å². The lowest BCUT2D eigenvalue weighted by Gasteiger charge is -2.19. The van der Waals surface area contributed by atoms with Gasteiger partial charge in [0.15, 0.2) is 11.5 Å². The molecule has 1 aliphatic heterocycles. The van der Waals surface area contributed by atoms with E-state index in [4.69, 9.17) is 18.9 Å². The summed E-state index contributed by atoms with van der Waals surface area (Å²) in [7, 11) is 3.11. The Morgan fingerprint density at radius 1 is 1.04 bits per heavy atom. The van der Waals surface area contributed by atoms with E-state index in [-0.39, 0.29) is 6.54 Å². The van der Waals surface area contributed by atoms with Gasteiger partial charge in [0, 0.05) is 25.4 Å². The van der Waals surface area contributed by atoms with Crippen molar-refractivity contribution in [1.29, 1.82) is 0 Å². The first-order valence-corrected chi connectivity index (χ1v) is 8.76. The average molecular weight is 386 g/mol. The highest BCUT2D eigenvalue weighted by Crippen LogP contribution is 2.32. The van der Waals surface area contributed by atoms with Crippen LogP contribution in [0.3, 0.4) is 0 Å². The molecule has 2 amide bonds. The molecule has 0 fully saturated rings. The third kappa shape index (κ3) is 4.72. The van der Waals surface area contributed by atoms with E-state index in [1.807, 2.05) is 24.3 Å². The molecular formula is C20H22N2O6. The van der Waals surface area contributed by atoms with Gasteiger partial charge in [0.2, 0.25) is 0 Å². The molecule has 0 aromatic heterocycles. The van der Waals surface area contributed by atoms with Gasteiger partial charge in [-0.15, -0.1) is 0 Å². The number of nitrogens with one attached hydrogen (secondary N) is 2. The second-order valence-corrected chi connectivity index (χ2v) is 6.02. The molecule has 0 saturated heterocycles. The van der Waals surface area contributed by atoms with Gasteiger partial charge in [-0.1, -0.05) is 12.1 Å². The predicted octanol–water partition coefficient (Wildman–Crippen LogP) is 1.91. The Morgan fingerprint density at radius 2 is 1.82 bits per heavy atom. The summed E-state index contributed by atoms with van der Waals surface area (Å²) >= 11 is 0. The minimum atomic E-state index is -0.780. The van der Waals surface area contributed by atoms with Crippen LogP contribution in [0.15, 0.2) is 42.5 Å². The maximum absolute atomic E-state index is 12.2. The Bertz CT molecular complexity index is 854. The van der Waals surface area contributed by atoms with Crippen LogP contribution in [0, 0.1) is 0 Å². The maximum Gasteiger partial charge on any atom is 0.313 e. The summed E-state index contributed by atoms with van der Waals surface area (Å²) in [6.07, 6.45) is -0.416. The van der Waals surface area contributed by atoms with Crippen molar-refractivity contribution < 1.29 is 28.5 Å². The Kier molecular flexibility index (Phi) is 6.33. The number of hydrogen-bond donors (Lipinski definition) is 2. The number of anilines is 1. The molecule has 2 aromatic rings. The molecule has 0 spiro atoms. The molecular weight excluding hydrogens is 364 g/mol. The standard InChI is InChI=1S/C20H22N2O6/c1-25-15-5-3-4-13(10-15)18(26-2)12-21-19(23)20(24)22-14-6-7-16-17(11-14)28-9-8-27-16/h3-7,10-11,18H,8-9,12H2,1-2H3,(H,21,23)(H,22,24). The summed E-state index contributed by atoms with van der Waals surface area (Å²) in [6, 6.07) is 12.3. The van der Waals surface area contributed by atoms with Crippen LogP contribution in [-0.4, -0.2) is 45.8 Å². The van der Waals surface area contributed by atoms with Gasteiger partial charge >= 0.3 is 11.8 Å². The van der Waals surface area contributed by atoms with E-state index in [0.717, 1.165) is 5.56 Å². The summed E-state index contributed by atoms with van der Waals surface area (Å²) in [5.41, 5.74) is 1.27. The first-order chi connectivity index (χ1) is 13.6. The van der Waals surface area contributed by atoms with Crippen molar-refractivity contribution in [3.05, 3.63) is 48.0 Å². The maximum atomic E-state index is 12.2. The summed E-state index contributed by atoms with van der Waals surface area (Å²) in [6.45, 7) is 1.06. The molecule has 28 heavy (non-hydrogen) atoms. The monoisotopic (exact) mass is 386 g/mol. The lowest BCUT2D eigenvalue weighted by atomic mass is 10.1. The molecule has 0 bridgehead atoms. The van der Waals surface area contributed by atoms with Crippen molar-refractivity contribution in [3.8, 4) is 17.2 Å². The van der Waals surface area contributed by atoms with E-state index in [2.05, 4.69) is 10.6 Å². The number of carbonyl (C=O) groups is 2. The van der Waals surface area contributed by atoms with Crippen LogP contribution in [0.5, 0.6) is 17.2 Å². The molecule has 1 unspecified atom stereocenters. The molecule has 148 valence electrons.